The Morgan fingerprint density at radius 2 is 2.41 bits per heavy atom. The third-order valence-corrected chi connectivity index (χ3v) is 2.49. The summed E-state index contributed by atoms with van der Waals surface area (Å²) in [6, 6.07) is -0.990. The normalized spacial score (nSPS) is 12.1. The van der Waals surface area contributed by atoms with Crippen LogP contribution in [0.3, 0.4) is 0 Å². The molecule has 94 valence electrons. The number of hydrogen-bond acceptors (Lipinski definition) is 6. The van der Waals surface area contributed by atoms with Crippen LogP contribution in [0.5, 0.6) is 0 Å². The molecule has 0 radical (unpaired) electrons. The Bertz CT molecular complexity index is 407. The summed E-state index contributed by atoms with van der Waals surface area (Å²) in [7, 11) is 0. The van der Waals surface area contributed by atoms with Gasteiger partial charge in [-0.1, -0.05) is 0 Å². The highest BCUT2D eigenvalue weighted by Gasteiger charge is 2.15. The van der Waals surface area contributed by atoms with Gasteiger partial charge in [0, 0.05) is 30.1 Å². The predicted molar refractivity (Wildman–Crippen MR) is 60.8 cm³/mol. The number of nitrogens with two attached hydrogens (primary N) is 1. The average molecular weight is 259 g/mol. The van der Waals surface area contributed by atoms with E-state index in [9.17, 15) is 9.59 Å². The van der Waals surface area contributed by atoms with Gasteiger partial charge in [0.25, 0.3) is 0 Å². The van der Waals surface area contributed by atoms with Gasteiger partial charge in [0.05, 0.1) is 6.61 Å². The second kappa shape index (κ2) is 6.26. The topological polar surface area (TPSA) is 118 Å². The van der Waals surface area contributed by atoms with Crippen molar-refractivity contribution in [2.75, 3.05) is 6.61 Å². The number of carboxylic acid groups (broad SMARTS) is 1. The molecule has 0 fully saturated rings. The van der Waals surface area contributed by atoms with E-state index >= 15 is 0 Å². The first kappa shape index (κ1) is 13.5. The van der Waals surface area contributed by atoms with Crippen LogP contribution in [0, 0.1) is 0 Å². The molecule has 0 saturated heterocycles. The van der Waals surface area contributed by atoms with Crippen molar-refractivity contribution < 1.29 is 19.4 Å². The maximum Gasteiger partial charge on any atom is 0.375 e. The van der Waals surface area contributed by atoms with Gasteiger partial charge in [-0.25, -0.2) is 9.78 Å². The molecule has 1 heterocycles. The van der Waals surface area contributed by atoms with E-state index in [-0.39, 0.29) is 6.42 Å². The molecule has 1 aromatic rings. The number of carboxylic acids is 1. The SMILES string of the molecule is CCOC(=O)Sc1ncc(CC(N)C(=O)O)[nH]1. The third kappa shape index (κ3) is 4.45. The van der Waals surface area contributed by atoms with Crippen molar-refractivity contribution in [2.45, 2.75) is 24.5 Å². The Morgan fingerprint density at radius 3 is 3.00 bits per heavy atom. The van der Waals surface area contributed by atoms with Crippen LogP contribution < -0.4 is 5.73 Å². The summed E-state index contributed by atoms with van der Waals surface area (Å²) in [6.45, 7) is 2.00. The molecule has 8 heteroatoms. The summed E-state index contributed by atoms with van der Waals surface area (Å²) in [5, 5.41) is 8.52. The quantitative estimate of drug-likeness (QED) is 0.523. The monoisotopic (exact) mass is 259 g/mol. The number of aliphatic carboxylic acids is 1. The van der Waals surface area contributed by atoms with Gasteiger partial charge < -0.3 is 20.6 Å². The van der Waals surface area contributed by atoms with Crippen molar-refractivity contribution in [1.29, 1.82) is 0 Å². The molecule has 7 nitrogen and oxygen atoms in total. The molecule has 0 aromatic carbocycles. The van der Waals surface area contributed by atoms with E-state index < -0.39 is 17.3 Å². The van der Waals surface area contributed by atoms with Crippen molar-refractivity contribution in [3.8, 4) is 0 Å². The lowest BCUT2D eigenvalue weighted by Crippen LogP contribution is -2.32. The Hall–Kier alpha value is -1.54. The van der Waals surface area contributed by atoms with Crippen molar-refractivity contribution >= 4 is 23.0 Å². The molecule has 4 N–H and O–H groups in total. The van der Waals surface area contributed by atoms with Gasteiger partial charge in [0.2, 0.25) is 0 Å². The fourth-order valence-electron chi connectivity index (χ4n) is 1.04. The zero-order valence-corrected chi connectivity index (χ0v) is 9.99. The van der Waals surface area contributed by atoms with Gasteiger partial charge >= 0.3 is 11.3 Å². The van der Waals surface area contributed by atoms with Gasteiger partial charge in [-0.3, -0.25) is 4.79 Å². The number of aromatic nitrogens is 2. The maximum atomic E-state index is 11.1. The van der Waals surface area contributed by atoms with Gasteiger partial charge in [0.1, 0.15) is 6.04 Å². The Kier molecular flexibility index (Phi) is 4.98. The average Bonchev–Trinajstić information content (AvgIpc) is 2.65. The number of hydrogen-bond donors (Lipinski definition) is 3. The van der Waals surface area contributed by atoms with Crippen LogP contribution in [0.4, 0.5) is 4.79 Å². The smallest absolute Gasteiger partial charge is 0.375 e. The minimum absolute atomic E-state index is 0.131. The highest BCUT2D eigenvalue weighted by molar-refractivity contribution is 8.13. The van der Waals surface area contributed by atoms with E-state index in [1.807, 2.05) is 0 Å². The Balaban J connectivity index is 2.53. The summed E-state index contributed by atoms with van der Waals surface area (Å²) in [6.07, 6.45) is 1.58. The van der Waals surface area contributed by atoms with Crippen LogP contribution >= 0.6 is 11.8 Å². The van der Waals surface area contributed by atoms with Crippen molar-refractivity contribution in [3.05, 3.63) is 11.9 Å². The summed E-state index contributed by atoms with van der Waals surface area (Å²) < 4.78 is 4.72. The minimum Gasteiger partial charge on any atom is -0.480 e. The highest BCUT2D eigenvalue weighted by Crippen LogP contribution is 2.16. The van der Waals surface area contributed by atoms with Crippen LogP contribution in [0.25, 0.3) is 0 Å². The van der Waals surface area contributed by atoms with Crippen LogP contribution in [-0.2, 0) is 16.0 Å². The standard InChI is InChI=1S/C9H13N3O4S/c1-2-16-9(15)17-8-11-4-5(12-8)3-6(10)7(13)14/h4,6H,2-3,10H2,1H3,(H,11,12)(H,13,14). The highest BCUT2D eigenvalue weighted by atomic mass is 32.2. The molecule has 0 saturated carbocycles. The predicted octanol–water partition coefficient (Wildman–Crippen LogP) is 0.613. The van der Waals surface area contributed by atoms with E-state index in [1.165, 1.54) is 6.20 Å². The van der Waals surface area contributed by atoms with E-state index in [1.54, 1.807) is 6.92 Å². The number of rotatable bonds is 5. The summed E-state index contributed by atoms with van der Waals surface area (Å²) in [4.78, 5) is 28.4. The molecule has 0 amide bonds. The first-order valence-corrected chi connectivity index (χ1v) is 5.71. The molecule has 0 bridgehead atoms. The molecule has 1 aromatic heterocycles. The number of aromatic amines is 1. The van der Waals surface area contributed by atoms with Crippen LogP contribution in [-0.4, -0.2) is 39.0 Å². The zero-order chi connectivity index (χ0) is 12.8. The Labute approximate surface area is 102 Å². The number of nitrogens with one attached hydrogen (secondary N) is 1. The van der Waals surface area contributed by atoms with Crippen molar-refractivity contribution in [3.63, 3.8) is 0 Å². The Morgan fingerprint density at radius 1 is 1.71 bits per heavy atom. The first-order chi connectivity index (χ1) is 8.02. The third-order valence-electron chi connectivity index (χ3n) is 1.80. The van der Waals surface area contributed by atoms with Crippen LogP contribution in [0.15, 0.2) is 11.4 Å². The molecule has 0 aliphatic carbocycles. The maximum absolute atomic E-state index is 11.1. The second-order valence-corrected chi connectivity index (χ2v) is 4.07. The number of carbonyl (C=O) groups is 2. The molecular weight excluding hydrogens is 246 g/mol. The van der Waals surface area contributed by atoms with Gasteiger partial charge in [-0.05, 0) is 6.92 Å². The molecule has 1 unspecified atom stereocenters. The fraction of sp³-hybridized carbons (Fsp3) is 0.444. The first-order valence-electron chi connectivity index (χ1n) is 4.89. The van der Waals surface area contributed by atoms with E-state index in [2.05, 4.69) is 9.97 Å². The van der Waals surface area contributed by atoms with Gasteiger partial charge in [-0.2, -0.15) is 0 Å². The van der Waals surface area contributed by atoms with Crippen LogP contribution in [0.1, 0.15) is 12.6 Å². The lowest BCUT2D eigenvalue weighted by molar-refractivity contribution is -0.138. The summed E-state index contributed by atoms with van der Waals surface area (Å²) in [5.41, 5.74) is 5.92. The molecule has 0 aliphatic rings. The van der Waals surface area contributed by atoms with E-state index in [4.69, 9.17) is 15.6 Å². The molecule has 0 spiro atoms. The summed E-state index contributed by atoms with van der Waals surface area (Å²) in [5.74, 6) is -1.08. The fourth-order valence-corrected chi connectivity index (χ4v) is 1.67. The lowest BCUT2D eigenvalue weighted by atomic mass is 10.2. The van der Waals surface area contributed by atoms with Crippen molar-refractivity contribution in [2.24, 2.45) is 5.73 Å². The molecule has 1 atom stereocenters. The number of thioether (sulfide) groups is 1. The number of ether oxygens (including phenoxy) is 1. The molecule has 17 heavy (non-hydrogen) atoms. The number of nitrogens with zero attached hydrogens (tertiary/aromatic N) is 1. The number of carbonyl (C=O) groups excluding carboxylic acids is 1. The molecule has 1 rings (SSSR count). The van der Waals surface area contributed by atoms with Crippen molar-refractivity contribution in [1.82, 2.24) is 9.97 Å². The summed E-state index contributed by atoms with van der Waals surface area (Å²) >= 11 is 0.808. The molecule has 0 aliphatic heterocycles. The zero-order valence-electron chi connectivity index (χ0n) is 9.17. The number of H-pyrrole nitrogens is 1. The minimum atomic E-state index is -1.08. The molecular formula is C9H13N3O4S. The second-order valence-electron chi connectivity index (χ2n) is 3.15. The lowest BCUT2D eigenvalue weighted by Gasteiger charge is -2.02. The van der Waals surface area contributed by atoms with E-state index in [0.717, 1.165) is 11.8 Å². The van der Waals surface area contributed by atoms with Gasteiger partial charge in [-0.15, -0.1) is 0 Å². The number of imidazole rings is 1. The largest absolute Gasteiger partial charge is 0.480 e. The van der Waals surface area contributed by atoms with Gasteiger partial charge in [0.15, 0.2) is 5.16 Å². The van der Waals surface area contributed by atoms with Crippen LogP contribution in [0.2, 0.25) is 0 Å². The van der Waals surface area contributed by atoms with E-state index in [0.29, 0.717) is 17.5 Å².